The molecule has 0 N–H and O–H groups in total. The fourth-order valence-corrected chi connectivity index (χ4v) is 10.5. The lowest BCUT2D eigenvalue weighted by Crippen LogP contribution is -2.42. The van der Waals surface area contributed by atoms with Crippen LogP contribution in [0.15, 0.2) is 150 Å². The molecule has 48 heavy (non-hydrogen) atoms. The van der Waals surface area contributed by atoms with E-state index in [1.165, 1.54) is 0 Å². The molecule has 0 radical (unpaired) electrons. The van der Waals surface area contributed by atoms with Crippen molar-refractivity contribution >= 4 is 45.0 Å². The summed E-state index contributed by atoms with van der Waals surface area (Å²) in [7, 11) is -3.38. The molecule has 0 saturated carbocycles. The van der Waals surface area contributed by atoms with E-state index in [2.05, 4.69) is 50.2 Å². The van der Waals surface area contributed by atoms with Crippen LogP contribution in [0.3, 0.4) is 0 Å². The van der Waals surface area contributed by atoms with E-state index in [9.17, 15) is 0 Å². The van der Waals surface area contributed by atoms with E-state index in [0.717, 1.165) is 65.7 Å². The highest BCUT2D eigenvalue weighted by Crippen LogP contribution is 2.54. The normalized spacial score (nSPS) is 16.5. The number of fused-ring (bicyclic) bond motifs is 5. The summed E-state index contributed by atoms with van der Waals surface area (Å²) in [5.74, 6) is 1.71. The third kappa shape index (κ3) is 4.32. The van der Waals surface area contributed by atoms with Crippen LogP contribution in [-0.2, 0) is 9.98 Å². The molecule has 1 atom stereocenters. The first-order chi connectivity index (χ1) is 23.4. The van der Waals surface area contributed by atoms with Gasteiger partial charge in [-0.3, -0.25) is 0 Å². The van der Waals surface area contributed by atoms with Crippen molar-refractivity contribution < 1.29 is 8.98 Å². The molecule has 9 rings (SSSR count). The Balaban J connectivity index is 1.32. The van der Waals surface area contributed by atoms with Crippen LogP contribution in [0.2, 0.25) is 0 Å². The van der Waals surface area contributed by atoms with Crippen LogP contribution in [0.25, 0.3) is 56.1 Å². The van der Waals surface area contributed by atoms with E-state index in [4.69, 9.17) is 19.4 Å². The third-order valence-electron chi connectivity index (χ3n) is 9.60. The summed E-state index contributed by atoms with van der Waals surface area (Å²) >= 11 is 0. The zero-order valence-electron chi connectivity index (χ0n) is 26.5. The quantitative estimate of drug-likeness (QED) is 0.180. The maximum atomic E-state index is 16.1. The Kier molecular flexibility index (Phi) is 6.37. The van der Waals surface area contributed by atoms with Crippen LogP contribution < -0.4 is 15.9 Å². The molecule has 230 valence electrons. The highest BCUT2D eigenvalue weighted by molar-refractivity contribution is 7.85. The second kappa shape index (κ2) is 10.7. The van der Waals surface area contributed by atoms with Gasteiger partial charge in [-0.25, -0.2) is 15.0 Å². The lowest BCUT2D eigenvalue weighted by atomic mass is 9.77. The van der Waals surface area contributed by atoms with E-state index in [1.807, 2.05) is 109 Å². The van der Waals surface area contributed by atoms with Crippen LogP contribution >= 0.6 is 7.14 Å². The standard InChI is InChI=1S/C42H30N3O2P/c1-42(2)33-23-22-29(41-44-39(27-14-6-3-7-15-27)43-40(45-41)28-16-8-4-9-17-28)24-37(33)48(46,30-18-10-5-11-19-30)38-25-32-31-20-12-13-21-35(31)47-36(32)26-34(38)42/h3-26H,1-2H3. The van der Waals surface area contributed by atoms with Crippen molar-refractivity contribution in [1.29, 1.82) is 0 Å². The van der Waals surface area contributed by atoms with Gasteiger partial charge in [0.05, 0.1) is 0 Å². The zero-order valence-corrected chi connectivity index (χ0v) is 27.4. The van der Waals surface area contributed by atoms with Gasteiger partial charge in [-0.05, 0) is 35.4 Å². The monoisotopic (exact) mass is 639 g/mol. The average molecular weight is 640 g/mol. The topological polar surface area (TPSA) is 68.9 Å². The Hall–Kier alpha value is -5.64. The Morgan fingerprint density at radius 3 is 1.69 bits per heavy atom. The predicted molar refractivity (Wildman–Crippen MR) is 195 cm³/mol. The van der Waals surface area contributed by atoms with Gasteiger partial charge in [-0.15, -0.1) is 0 Å². The summed E-state index contributed by atoms with van der Waals surface area (Å²) in [5.41, 5.74) is 5.78. The largest absolute Gasteiger partial charge is 0.456 e. The summed E-state index contributed by atoms with van der Waals surface area (Å²) in [6, 6.07) is 48.3. The molecule has 0 aliphatic carbocycles. The average Bonchev–Trinajstić information content (AvgIpc) is 3.52. The molecule has 0 amide bonds. The summed E-state index contributed by atoms with van der Waals surface area (Å²) in [6.45, 7) is 4.41. The molecule has 0 bridgehead atoms. The SMILES string of the molecule is CC1(C)c2ccc(-c3nc(-c4ccccc4)nc(-c4ccccc4)n3)cc2P(=O)(c2ccccc2)c2cc3c(cc21)oc1ccccc13. The van der Waals surface area contributed by atoms with Crippen LogP contribution in [0.1, 0.15) is 25.0 Å². The van der Waals surface area contributed by atoms with Gasteiger partial charge in [-0.1, -0.05) is 135 Å². The van der Waals surface area contributed by atoms with Crippen molar-refractivity contribution in [3.63, 3.8) is 0 Å². The van der Waals surface area contributed by atoms with Crippen molar-refractivity contribution in [2.45, 2.75) is 19.3 Å². The Morgan fingerprint density at radius 1 is 0.500 bits per heavy atom. The number of rotatable bonds is 4. The molecule has 0 saturated heterocycles. The lowest BCUT2D eigenvalue weighted by molar-refractivity contribution is 0.586. The first kappa shape index (κ1) is 28.6. The summed E-state index contributed by atoms with van der Waals surface area (Å²) in [5, 5.41) is 4.41. The predicted octanol–water partition coefficient (Wildman–Crippen LogP) is 9.05. The van der Waals surface area contributed by atoms with Gasteiger partial charge in [0, 0.05) is 48.8 Å². The number of hydrogen-bond donors (Lipinski definition) is 0. The van der Waals surface area contributed by atoms with Gasteiger partial charge in [0.2, 0.25) is 0 Å². The maximum Gasteiger partial charge on any atom is 0.171 e. The smallest absolute Gasteiger partial charge is 0.171 e. The molecule has 8 aromatic rings. The molecular weight excluding hydrogens is 609 g/mol. The molecule has 6 aromatic carbocycles. The zero-order chi connectivity index (χ0) is 32.5. The van der Waals surface area contributed by atoms with Crippen LogP contribution in [0, 0.1) is 0 Å². The van der Waals surface area contributed by atoms with E-state index < -0.39 is 12.6 Å². The minimum absolute atomic E-state index is 0.456. The van der Waals surface area contributed by atoms with Crippen molar-refractivity contribution in [3.8, 4) is 34.2 Å². The number of furan rings is 1. The number of aromatic nitrogens is 3. The van der Waals surface area contributed by atoms with Gasteiger partial charge in [0.15, 0.2) is 24.6 Å². The molecule has 2 aromatic heterocycles. The van der Waals surface area contributed by atoms with Crippen LogP contribution in [-0.4, -0.2) is 15.0 Å². The molecular formula is C42H30N3O2P. The fraction of sp³-hybridized carbons (Fsp3) is 0.0714. The van der Waals surface area contributed by atoms with Crippen molar-refractivity contribution in [1.82, 2.24) is 15.0 Å². The molecule has 0 fully saturated rings. The van der Waals surface area contributed by atoms with E-state index in [0.29, 0.717) is 17.5 Å². The highest BCUT2D eigenvalue weighted by Gasteiger charge is 2.45. The van der Waals surface area contributed by atoms with E-state index in [1.54, 1.807) is 0 Å². The first-order valence-electron chi connectivity index (χ1n) is 16.1. The number of hydrogen-bond acceptors (Lipinski definition) is 5. The van der Waals surface area contributed by atoms with Gasteiger partial charge in [-0.2, -0.15) is 0 Å². The van der Waals surface area contributed by atoms with Gasteiger partial charge in [0.1, 0.15) is 11.2 Å². The molecule has 0 spiro atoms. The van der Waals surface area contributed by atoms with Crippen molar-refractivity contribution in [3.05, 3.63) is 157 Å². The van der Waals surface area contributed by atoms with Crippen molar-refractivity contribution in [2.24, 2.45) is 0 Å². The second-order valence-electron chi connectivity index (χ2n) is 12.8. The maximum absolute atomic E-state index is 16.1. The molecule has 5 nitrogen and oxygen atoms in total. The van der Waals surface area contributed by atoms with Gasteiger partial charge < -0.3 is 8.98 Å². The summed E-state index contributed by atoms with van der Waals surface area (Å²) in [6.07, 6.45) is 0. The summed E-state index contributed by atoms with van der Waals surface area (Å²) < 4.78 is 22.5. The van der Waals surface area contributed by atoms with Crippen LogP contribution in [0.4, 0.5) is 0 Å². The van der Waals surface area contributed by atoms with Gasteiger partial charge >= 0.3 is 0 Å². The Labute approximate surface area is 278 Å². The summed E-state index contributed by atoms with van der Waals surface area (Å²) in [4.78, 5) is 14.9. The number of nitrogens with zero attached hydrogens (tertiary/aromatic N) is 3. The number of benzene rings is 6. The molecule has 1 unspecified atom stereocenters. The number of para-hydroxylation sites is 1. The molecule has 1 aliphatic heterocycles. The minimum atomic E-state index is -3.38. The molecule has 3 heterocycles. The first-order valence-corrected chi connectivity index (χ1v) is 17.8. The van der Waals surface area contributed by atoms with E-state index in [-0.39, 0.29) is 0 Å². The molecule has 1 aliphatic rings. The van der Waals surface area contributed by atoms with E-state index >= 15 is 4.57 Å². The minimum Gasteiger partial charge on any atom is -0.456 e. The Bertz CT molecular complexity index is 2500. The lowest BCUT2D eigenvalue weighted by Gasteiger charge is -2.39. The third-order valence-corrected chi connectivity index (χ3v) is 12.7. The van der Waals surface area contributed by atoms with Gasteiger partial charge in [0.25, 0.3) is 0 Å². The van der Waals surface area contributed by atoms with Crippen LogP contribution in [0.5, 0.6) is 0 Å². The second-order valence-corrected chi connectivity index (χ2v) is 15.5. The molecule has 6 heteroatoms. The van der Waals surface area contributed by atoms with Crippen molar-refractivity contribution in [2.75, 3.05) is 0 Å². The highest BCUT2D eigenvalue weighted by atomic mass is 31.2. The Morgan fingerprint density at radius 2 is 1.04 bits per heavy atom. The fourth-order valence-electron chi connectivity index (χ4n) is 7.11.